The zero-order valence-electron chi connectivity index (χ0n) is 5.75. The molecule has 1 aromatic rings. The van der Waals surface area contributed by atoms with Gasteiger partial charge in [-0.05, 0) is 18.5 Å². The zero-order chi connectivity index (χ0) is 8.43. The third-order valence-electron chi connectivity index (χ3n) is 1.14. The highest BCUT2D eigenvalue weighted by atomic mass is 35.5. The van der Waals surface area contributed by atoms with Gasteiger partial charge in [-0.1, -0.05) is 0 Å². The second-order valence-electron chi connectivity index (χ2n) is 2.05. The Bertz CT molecular complexity index is 267. The lowest BCUT2D eigenvalue weighted by molar-refractivity contribution is 0.188. The molecule has 5 heteroatoms. The van der Waals surface area contributed by atoms with Crippen LogP contribution in [0.3, 0.4) is 0 Å². The molecule has 1 N–H and O–H groups in total. The highest BCUT2D eigenvalue weighted by Gasteiger charge is 2.10. The number of rotatable bonds is 1. The van der Waals surface area contributed by atoms with E-state index in [2.05, 4.69) is 9.97 Å². The number of aliphatic hydroxyl groups excluding tert-OH is 1. The quantitative estimate of drug-likeness (QED) is 0.657. The summed E-state index contributed by atoms with van der Waals surface area (Å²) in [4.78, 5) is 6.89. The van der Waals surface area contributed by atoms with Gasteiger partial charge in [-0.3, -0.25) is 0 Å². The Hall–Kier alpha value is -0.740. The Morgan fingerprint density at radius 1 is 1.73 bits per heavy atom. The van der Waals surface area contributed by atoms with E-state index < -0.39 is 11.9 Å². The third kappa shape index (κ3) is 1.85. The number of hydrogen-bond acceptors (Lipinski definition) is 3. The average molecular weight is 177 g/mol. The SMILES string of the molecule is CC(O)c1nc(Cl)ncc1F. The van der Waals surface area contributed by atoms with Gasteiger partial charge in [0.15, 0.2) is 5.82 Å². The van der Waals surface area contributed by atoms with Crippen LogP contribution in [0.15, 0.2) is 6.20 Å². The molecular weight excluding hydrogens is 171 g/mol. The number of halogens is 2. The van der Waals surface area contributed by atoms with Gasteiger partial charge >= 0.3 is 0 Å². The molecule has 0 aliphatic heterocycles. The Morgan fingerprint density at radius 2 is 2.36 bits per heavy atom. The van der Waals surface area contributed by atoms with E-state index in [0.717, 1.165) is 6.20 Å². The van der Waals surface area contributed by atoms with E-state index in [1.807, 2.05) is 0 Å². The van der Waals surface area contributed by atoms with E-state index in [9.17, 15) is 4.39 Å². The topological polar surface area (TPSA) is 46.0 Å². The van der Waals surface area contributed by atoms with Gasteiger partial charge in [0.1, 0.15) is 5.69 Å². The number of aliphatic hydroxyl groups is 1. The van der Waals surface area contributed by atoms with Crippen molar-refractivity contribution < 1.29 is 9.50 Å². The first-order valence-corrected chi connectivity index (χ1v) is 3.35. The van der Waals surface area contributed by atoms with Gasteiger partial charge in [-0.2, -0.15) is 0 Å². The van der Waals surface area contributed by atoms with Crippen molar-refractivity contribution in [2.24, 2.45) is 0 Å². The van der Waals surface area contributed by atoms with Crippen molar-refractivity contribution in [1.82, 2.24) is 9.97 Å². The van der Waals surface area contributed by atoms with Gasteiger partial charge in [-0.15, -0.1) is 0 Å². The zero-order valence-corrected chi connectivity index (χ0v) is 6.51. The van der Waals surface area contributed by atoms with Crippen molar-refractivity contribution in [1.29, 1.82) is 0 Å². The Labute approximate surface area is 67.9 Å². The molecule has 0 aliphatic rings. The molecular formula is C6H6ClFN2O. The van der Waals surface area contributed by atoms with Crippen LogP contribution in [0, 0.1) is 5.82 Å². The van der Waals surface area contributed by atoms with E-state index >= 15 is 0 Å². The maximum atomic E-state index is 12.7. The van der Waals surface area contributed by atoms with Crippen LogP contribution in [0.5, 0.6) is 0 Å². The van der Waals surface area contributed by atoms with Crippen LogP contribution >= 0.6 is 11.6 Å². The molecule has 1 atom stereocenters. The van der Waals surface area contributed by atoms with Crippen molar-refractivity contribution in [3.8, 4) is 0 Å². The van der Waals surface area contributed by atoms with E-state index in [0.29, 0.717) is 0 Å². The molecule has 11 heavy (non-hydrogen) atoms. The first-order valence-electron chi connectivity index (χ1n) is 2.97. The van der Waals surface area contributed by atoms with E-state index in [1.165, 1.54) is 6.92 Å². The highest BCUT2D eigenvalue weighted by molar-refractivity contribution is 6.28. The molecule has 60 valence electrons. The van der Waals surface area contributed by atoms with Crippen LogP contribution in [-0.4, -0.2) is 15.1 Å². The molecule has 0 radical (unpaired) electrons. The maximum Gasteiger partial charge on any atom is 0.222 e. The van der Waals surface area contributed by atoms with Crippen molar-refractivity contribution in [3.05, 3.63) is 23.0 Å². The summed E-state index contributed by atoms with van der Waals surface area (Å²) in [5.74, 6) is -0.649. The number of hydrogen-bond donors (Lipinski definition) is 1. The van der Waals surface area contributed by atoms with Crippen molar-refractivity contribution >= 4 is 11.6 Å². The molecule has 0 fully saturated rings. The van der Waals surface area contributed by atoms with Gasteiger partial charge in [0.2, 0.25) is 5.28 Å². The molecule has 0 bridgehead atoms. The molecule has 0 saturated heterocycles. The largest absolute Gasteiger partial charge is 0.387 e. The Kier molecular flexibility index (Phi) is 2.36. The lowest BCUT2D eigenvalue weighted by atomic mass is 10.3. The summed E-state index contributed by atoms with van der Waals surface area (Å²) in [5, 5.41) is 8.87. The summed E-state index contributed by atoms with van der Waals surface area (Å²) >= 11 is 5.36. The first kappa shape index (κ1) is 8.36. The molecule has 3 nitrogen and oxygen atoms in total. The third-order valence-corrected chi connectivity index (χ3v) is 1.32. The monoisotopic (exact) mass is 176 g/mol. The fraction of sp³-hybridized carbons (Fsp3) is 0.333. The van der Waals surface area contributed by atoms with E-state index in [1.54, 1.807) is 0 Å². The standard InChI is InChI=1S/C6H6ClFN2O/c1-3(11)5-4(8)2-9-6(7)10-5/h2-3,11H,1H3. The lowest BCUT2D eigenvalue weighted by Crippen LogP contribution is -2.01. The molecule has 0 aliphatic carbocycles. The second-order valence-corrected chi connectivity index (χ2v) is 2.39. The number of nitrogens with zero attached hydrogens (tertiary/aromatic N) is 2. The van der Waals surface area contributed by atoms with Crippen molar-refractivity contribution in [2.45, 2.75) is 13.0 Å². The minimum Gasteiger partial charge on any atom is -0.387 e. The van der Waals surface area contributed by atoms with Crippen molar-refractivity contribution in [3.63, 3.8) is 0 Å². The molecule has 0 saturated carbocycles. The van der Waals surface area contributed by atoms with Crippen LogP contribution in [-0.2, 0) is 0 Å². The minimum absolute atomic E-state index is 0.0673. The van der Waals surface area contributed by atoms with Crippen molar-refractivity contribution in [2.75, 3.05) is 0 Å². The summed E-state index contributed by atoms with van der Waals surface area (Å²) in [6.45, 7) is 1.40. The van der Waals surface area contributed by atoms with Crippen LogP contribution in [0.2, 0.25) is 5.28 Å². The van der Waals surface area contributed by atoms with Gasteiger partial charge in [0.25, 0.3) is 0 Å². The van der Waals surface area contributed by atoms with Gasteiger partial charge in [-0.25, -0.2) is 14.4 Å². The molecule has 1 aromatic heterocycles. The molecule has 1 unspecified atom stereocenters. The minimum atomic E-state index is -0.963. The Morgan fingerprint density at radius 3 is 2.82 bits per heavy atom. The fourth-order valence-corrected chi connectivity index (χ4v) is 0.791. The van der Waals surface area contributed by atoms with Crippen LogP contribution < -0.4 is 0 Å². The van der Waals surface area contributed by atoms with Gasteiger partial charge < -0.3 is 5.11 Å². The Balaban J connectivity index is 3.13. The summed E-state index contributed by atoms with van der Waals surface area (Å²) < 4.78 is 12.7. The summed E-state index contributed by atoms with van der Waals surface area (Å²) in [6, 6.07) is 0. The van der Waals surface area contributed by atoms with Gasteiger partial charge in [0.05, 0.1) is 12.3 Å². The molecule has 0 spiro atoms. The van der Waals surface area contributed by atoms with Crippen LogP contribution in [0.1, 0.15) is 18.7 Å². The van der Waals surface area contributed by atoms with Gasteiger partial charge in [0, 0.05) is 0 Å². The van der Waals surface area contributed by atoms with Crippen LogP contribution in [0.25, 0.3) is 0 Å². The summed E-state index contributed by atoms with van der Waals surface area (Å²) in [5.41, 5.74) is -0.0787. The second kappa shape index (κ2) is 3.11. The predicted molar refractivity (Wildman–Crippen MR) is 37.6 cm³/mol. The first-order chi connectivity index (χ1) is 5.11. The molecule has 0 aromatic carbocycles. The van der Waals surface area contributed by atoms with Crippen LogP contribution in [0.4, 0.5) is 4.39 Å². The molecule has 0 amide bonds. The lowest BCUT2D eigenvalue weighted by Gasteiger charge is -2.03. The molecule has 1 rings (SSSR count). The fourth-order valence-electron chi connectivity index (χ4n) is 0.651. The van der Waals surface area contributed by atoms with E-state index in [-0.39, 0.29) is 11.0 Å². The molecule has 1 heterocycles. The normalized spacial score (nSPS) is 13.1. The van der Waals surface area contributed by atoms with E-state index in [4.69, 9.17) is 16.7 Å². The number of aromatic nitrogens is 2. The summed E-state index contributed by atoms with van der Waals surface area (Å²) in [7, 11) is 0. The predicted octanol–water partition coefficient (Wildman–Crippen LogP) is 1.32. The smallest absolute Gasteiger partial charge is 0.222 e. The average Bonchev–Trinajstić information content (AvgIpc) is 1.94. The summed E-state index contributed by atoms with van der Waals surface area (Å²) in [6.07, 6.45) is -0.0345. The highest BCUT2D eigenvalue weighted by Crippen LogP contribution is 2.14. The maximum absolute atomic E-state index is 12.7.